The third kappa shape index (κ3) is 2.83. The number of fused-ring (bicyclic) bond motifs is 1. The Balaban J connectivity index is 2.00. The maximum Gasteiger partial charge on any atom is 0.0479 e. The molecular formula is C19H26N2. The molecule has 1 unspecified atom stereocenters. The quantitative estimate of drug-likeness (QED) is 0.894. The second-order valence-electron chi connectivity index (χ2n) is 6.09. The predicted molar refractivity (Wildman–Crippen MR) is 90.4 cm³/mol. The fourth-order valence-electron chi connectivity index (χ4n) is 3.95. The maximum atomic E-state index is 6.20. The van der Waals surface area contributed by atoms with Crippen molar-refractivity contribution in [3.63, 3.8) is 0 Å². The Morgan fingerprint density at radius 1 is 1.10 bits per heavy atom. The van der Waals surface area contributed by atoms with E-state index >= 15 is 0 Å². The molecule has 0 radical (unpaired) electrons. The lowest BCUT2D eigenvalue weighted by Gasteiger charge is -2.36. The molecule has 21 heavy (non-hydrogen) atoms. The zero-order valence-electron chi connectivity index (χ0n) is 13.0. The monoisotopic (exact) mass is 282 g/mol. The average molecular weight is 282 g/mol. The van der Waals surface area contributed by atoms with Crippen molar-refractivity contribution in [2.24, 2.45) is 5.73 Å². The van der Waals surface area contributed by atoms with E-state index in [-0.39, 0.29) is 0 Å². The molecule has 0 saturated heterocycles. The van der Waals surface area contributed by atoms with Crippen LogP contribution in [-0.2, 0) is 0 Å². The summed E-state index contributed by atoms with van der Waals surface area (Å²) in [7, 11) is 0. The van der Waals surface area contributed by atoms with E-state index in [0.717, 1.165) is 6.54 Å². The average Bonchev–Trinajstić information content (AvgIpc) is 3.06. The predicted octanol–water partition coefficient (Wildman–Crippen LogP) is 4.10. The molecule has 0 heterocycles. The SMILES string of the molecule is CCN(C1CCCC1)C(CN)c1cccc2ccccc12. The lowest BCUT2D eigenvalue weighted by molar-refractivity contribution is 0.148. The minimum absolute atomic E-state index is 0.337. The van der Waals surface area contributed by atoms with Gasteiger partial charge in [-0.1, -0.05) is 62.2 Å². The van der Waals surface area contributed by atoms with Gasteiger partial charge in [0.2, 0.25) is 0 Å². The molecule has 2 aromatic carbocycles. The molecule has 2 heteroatoms. The van der Waals surface area contributed by atoms with Crippen LogP contribution in [0.3, 0.4) is 0 Å². The molecule has 0 amide bonds. The van der Waals surface area contributed by atoms with E-state index in [4.69, 9.17) is 5.73 Å². The van der Waals surface area contributed by atoms with E-state index in [2.05, 4.69) is 54.3 Å². The number of hydrogen-bond acceptors (Lipinski definition) is 2. The third-order valence-corrected chi connectivity index (χ3v) is 4.96. The highest BCUT2D eigenvalue weighted by Gasteiger charge is 2.28. The second-order valence-corrected chi connectivity index (χ2v) is 6.09. The molecule has 1 aliphatic carbocycles. The number of likely N-dealkylation sites (N-methyl/N-ethyl adjacent to an activating group) is 1. The van der Waals surface area contributed by atoms with Crippen molar-refractivity contribution in [2.45, 2.75) is 44.7 Å². The van der Waals surface area contributed by atoms with E-state index < -0.39 is 0 Å². The molecule has 2 N–H and O–H groups in total. The Morgan fingerprint density at radius 2 is 1.81 bits per heavy atom. The van der Waals surface area contributed by atoms with Crippen LogP contribution in [0.2, 0.25) is 0 Å². The summed E-state index contributed by atoms with van der Waals surface area (Å²) in [5.74, 6) is 0. The van der Waals surface area contributed by atoms with Gasteiger partial charge in [0.1, 0.15) is 0 Å². The summed E-state index contributed by atoms with van der Waals surface area (Å²) in [6.07, 6.45) is 5.40. The van der Waals surface area contributed by atoms with Crippen molar-refractivity contribution in [1.82, 2.24) is 4.90 Å². The van der Waals surface area contributed by atoms with E-state index in [1.165, 1.54) is 42.0 Å². The van der Waals surface area contributed by atoms with Crippen LogP contribution in [0, 0.1) is 0 Å². The minimum Gasteiger partial charge on any atom is -0.329 e. The van der Waals surface area contributed by atoms with Crippen LogP contribution >= 0.6 is 0 Å². The largest absolute Gasteiger partial charge is 0.329 e. The topological polar surface area (TPSA) is 29.3 Å². The summed E-state index contributed by atoms with van der Waals surface area (Å²) >= 11 is 0. The Bertz CT molecular complexity index is 582. The van der Waals surface area contributed by atoms with Crippen LogP contribution in [-0.4, -0.2) is 24.0 Å². The van der Waals surface area contributed by atoms with Gasteiger partial charge >= 0.3 is 0 Å². The molecule has 3 rings (SSSR count). The van der Waals surface area contributed by atoms with Crippen LogP contribution < -0.4 is 5.73 Å². The lowest BCUT2D eigenvalue weighted by Crippen LogP contribution is -2.40. The van der Waals surface area contributed by atoms with Crippen molar-refractivity contribution < 1.29 is 0 Å². The van der Waals surface area contributed by atoms with Gasteiger partial charge in [0.05, 0.1) is 0 Å². The van der Waals surface area contributed by atoms with Gasteiger partial charge in [-0.05, 0) is 35.7 Å². The van der Waals surface area contributed by atoms with E-state index in [1.54, 1.807) is 0 Å². The highest BCUT2D eigenvalue weighted by atomic mass is 15.2. The van der Waals surface area contributed by atoms with Gasteiger partial charge in [-0.3, -0.25) is 4.90 Å². The van der Waals surface area contributed by atoms with Gasteiger partial charge in [0, 0.05) is 18.6 Å². The Labute approximate surface area is 127 Å². The fourth-order valence-corrected chi connectivity index (χ4v) is 3.95. The summed E-state index contributed by atoms with van der Waals surface area (Å²) in [5.41, 5.74) is 7.59. The molecule has 112 valence electrons. The van der Waals surface area contributed by atoms with Gasteiger partial charge in [0.25, 0.3) is 0 Å². The molecule has 0 aliphatic heterocycles. The molecule has 2 aromatic rings. The lowest BCUT2D eigenvalue weighted by atomic mass is 9.96. The van der Waals surface area contributed by atoms with Crippen LogP contribution in [0.15, 0.2) is 42.5 Å². The molecule has 2 nitrogen and oxygen atoms in total. The van der Waals surface area contributed by atoms with Gasteiger partial charge in [-0.15, -0.1) is 0 Å². The number of nitrogens with zero attached hydrogens (tertiary/aromatic N) is 1. The summed E-state index contributed by atoms with van der Waals surface area (Å²) in [6, 6.07) is 16.3. The van der Waals surface area contributed by atoms with Crippen LogP contribution in [0.1, 0.15) is 44.2 Å². The van der Waals surface area contributed by atoms with Crippen molar-refractivity contribution in [1.29, 1.82) is 0 Å². The first-order valence-electron chi connectivity index (χ1n) is 8.28. The van der Waals surface area contributed by atoms with Crippen LogP contribution in [0.4, 0.5) is 0 Å². The Hall–Kier alpha value is -1.38. The maximum absolute atomic E-state index is 6.20. The molecular weight excluding hydrogens is 256 g/mol. The number of benzene rings is 2. The van der Waals surface area contributed by atoms with Crippen molar-refractivity contribution in [3.05, 3.63) is 48.0 Å². The highest BCUT2D eigenvalue weighted by molar-refractivity contribution is 5.86. The van der Waals surface area contributed by atoms with Crippen molar-refractivity contribution in [3.8, 4) is 0 Å². The van der Waals surface area contributed by atoms with Gasteiger partial charge < -0.3 is 5.73 Å². The Kier molecular flexibility index (Phi) is 4.57. The molecule has 1 saturated carbocycles. The summed E-state index contributed by atoms with van der Waals surface area (Å²) < 4.78 is 0. The highest BCUT2D eigenvalue weighted by Crippen LogP contribution is 2.33. The van der Waals surface area contributed by atoms with Crippen molar-refractivity contribution >= 4 is 10.8 Å². The summed E-state index contributed by atoms with van der Waals surface area (Å²) in [6.45, 7) is 4.04. The first-order chi connectivity index (χ1) is 10.3. The Morgan fingerprint density at radius 3 is 2.52 bits per heavy atom. The van der Waals surface area contributed by atoms with E-state index in [9.17, 15) is 0 Å². The minimum atomic E-state index is 0.337. The number of rotatable bonds is 5. The van der Waals surface area contributed by atoms with Crippen LogP contribution in [0.5, 0.6) is 0 Å². The molecule has 0 bridgehead atoms. The smallest absolute Gasteiger partial charge is 0.0479 e. The zero-order chi connectivity index (χ0) is 14.7. The van der Waals surface area contributed by atoms with Crippen LogP contribution in [0.25, 0.3) is 10.8 Å². The number of hydrogen-bond donors (Lipinski definition) is 1. The fraction of sp³-hybridized carbons (Fsp3) is 0.474. The molecule has 0 spiro atoms. The van der Waals surface area contributed by atoms with Gasteiger partial charge in [0.15, 0.2) is 0 Å². The van der Waals surface area contributed by atoms with Crippen molar-refractivity contribution in [2.75, 3.05) is 13.1 Å². The summed E-state index contributed by atoms with van der Waals surface area (Å²) in [5, 5.41) is 2.67. The standard InChI is InChI=1S/C19H26N2/c1-2-21(16-10-4-5-11-16)19(14-20)18-13-7-9-15-8-3-6-12-17(15)18/h3,6-9,12-13,16,19H,2,4-5,10-11,14,20H2,1H3. The van der Waals surface area contributed by atoms with E-state index in [1.807, 2.05) is 0 Å². The van der Waals surface area contributed by atoms with Gasteiger partial charge in [-0.2, -0.15) is 0 Å². The molecule has 1 aliphatic rings. The second kappa shape index (κ2) is 6.59. The van der Waals surface area contributed by atoms with Gasteiger partial charge in [-0.25, -0.2) is 0 Å². The normalized spacial score (nSPS) is 17.7. The zero-order valence-corrected chi connectivity index (χ0v) is 13.0. The number of nitrogens with two attached hydrogens (primary N) is 1. The first kappa shape index (κ1) is 14.6. The molecule has 1 atom stereocenters. The first-order valence-corrected chi connectivity index (χ1v) is 8.28. The third-order valence-electron chi connectivity index (χ3n) is 4.96. The van der Waals surface area contributed by atoms with E-state index in [0.29, 0.717) is 18.6 Å². The summed E-state index contributed by atoms with van der Waals surface area (Å²) in [4.78, 5) is 2.63. The molecule has 0 aromatic heterocycles. The molecule has 1 fully saturated rings.